The summed E-state index contributed by atoms with van der Waals surface area (Å²) in [5.74, 6) is -0.191. The van der Waals surface area contributed by atoms with Crippen LogP contribution in [-0.4, -0.2) is 35.4 Å². The summed E-state index contributed by atoms with van der Waals surface area (Å²) < 4.78 is 0. The molecule has 2 aromatic rings. The van der Waals surface area contributed by atoms with Crippen LogP contribution in [0.2, 0.25) is 0 Å². The molecule has 27 heavy (non-hydrogen) atoms. The van der Waals surface area contributed by atoms with Crippen LogP contribution in [-0.2, 0) is 6.54 Å². The summed E-state index contributed by atoms with van der Waals surface area (Å²) in [5, 5.41) is 13.5. The Morgan fingerprint density at radius 2 is 1.74 bits per heavy atom. The Hall–Kier alpha value is -2.73. The highest BCUT2D eigenvalue weighted by Gasteiger charge is 2.09. The minimum Gasteiger partial charge on any atom is -0.352 e. The predicted molar refractivity (Wildman–Crippen MR) is 107 cm³/mol. The predicted octanol–water partition coefficient (Wildman–Crippen LogP) is 4.02. The number of amides is 1. The van der Waals surface area contributed by atoms with Gasteiger partial charge in [0.15, 0.2) is 0 Å². The summed E-state index contributed by atoms with van der Waals surface area (Å²) >= 11 is 0. The minimum atomic E-state index is -0.473. The summed E-state index contributed by atoms with van der Waals surface area (Å²) in [6.07, 6.45) is 3.06. The first-order chi connectivity index (χ1) is 13.1. The third-order valence-electron chi connectivity index (χ3n) is 4.47. The summed E-state index contributed by atoms with van der Waals surface area (Å²) in [4.78, 5) is 24.6. The fourth-order valence-electron chi connectivity index (χ4n) is 2.87. The van der Waals surface area contributed by atoms with Crippen LogP contribution >= 0.6 is 0 Å². The number of carbonyl (C=O) groups is 1. The van der Waals surface area contributed by atoms with Gasteiger partial charge in [-0.05, 0) is 43.6 Å². The van der Waals surface area contributed by atoms with E-state index in [4.69, 9.17) is 0 Å². The zero-order valence-corrected chi connectivity index (χ0v) is 15.8. The molecule has 144 valence electrons. The molecule has 0 fully saturated rings. The third-order valence-corrected chi connectivity index (χ3v) is 4.47. The van der Waals surface area contributed by atoms with Gasteiger partial charge in [-0.3, -0.25) is 19.8 Å². The lowest BCUT2D eigenvalue weighted by Crippen LogP contribution is -2.25. The average molecular weight is 369 g/mol. The van der Waals surface area contributed by atoms with E-state index in [9.17, 15) is 14.9 Å². The van der Waals surface area contributed by atoms with Crippen LogP contribution in [0.15, 0.2) is 54.6 Å². The summed E-state index contributed by atoms with van der Waals surface area (Å²) in [5.41, 5.74) is 1.76. The maximum atomic E-state index is 12.0. The molecule has 0 aliphatic carbocycles. The summed E-state index contributed by atoms with van der Waals surface area (Å²) in [7, 11) is 0. The van der Waals surface area contributed by atoms with Crippen molar-refractivity contribution >= 4 is 11.6 Å². The zero-order valence-electron chi connectivity index (χ0n) is 15.8. The second-order valence-corrected chi connectivity index (χ2v) is 6.47. The van der Waals surface area contributed by atoms with Crippen molar-refractivity contribution < 1.29 is 9.72 Å². The number of unbranched alkanes of at least 4 members (excludes halogenated alkanes) is 2. The molecule has 6 nitrogen and oxygen atoms in total. The largest absolute Gasteiger partial charge is 0.352 e. The Bertz CT molecular complexity index is 717. The SMILES string of the molecule is CCN(CCCCCNC(=O)c1ccc([N+](=O)[O-])cc1)Cc1ccccc1. The van der Waals surface area contributed by atoms with E-state index in [2.05, 4.69) is 41.4 Å². The Kier molecular flexibility index (Phi) is 8.45. The van der Waals surface area contributed by atoms with Crippen molar-refractivity contribution in [1.82, 2.24) is 10.2 Å². The molecular formula is C21H27N3O3. The van der Waals surface area contributed by atoms with Gasteiger partial charge in [0.25, 0.3) is 11.6 Å². The van der Waals surface area contributed by atoms with E-state index in [1.54, 1.807) is 0 Å². The molecule has 0 atom stereocenters. The molecule has 0 aliphatic heterocycles. The molecule has 0 aromatic heterocycles. The van der Waals surface area contributed by atoms with Crippen molar-refractivity contribution in [1.29, 1.82) is 0 Å². The van der Waals surface area contributed by atoms with E-state index in [1.807, 2.05) is 6.07 Å². The molecule has 0 unspecified atom stereocenters. The van der Waals surface area contributed by atoms with Gasteiger partial charge in [0.05, 0.1) is 4.92 Å². The summed E-state index contributed by atoms with van der Waals surface area (Å²) in [6, 6.07) is 16.1. The minimum absolute atomic E-state index is 0.0115. The Balaban J connectivity index is 1.62. The van der Waals surface area contributed by atoms with Crippen LogP contribution in [0, 0.1) is 10.1 Å². The second kappa shape index (κ2) is 11.1. The lowest BCUT2D eigenvalue weighted by molar-refractivity contribution is -0.384. The van der Waals surface area contributed by atoms with Gasteiger partial charge in [-0.15, -0.1) is 0 Å². The molecule has 0 heterocycles. The molecule has 1 amide bonds. The van der Waals surface area contributed by atoms with Gasteiger partial charge in [0.1, 0.15) is 0 Å². The second-order valence-electron chi connectivity index (χ2n) is 6.47. The van der Waals surface area contributed by atoms with Crippen LogP contribution in [0.3, 0.4) is 0 Å². The Labute approximate surface area is 160 Å². The number of nitrogens with one attached hydrogen (secondary N) is 1. The number of rotatable bonds is 11. The molecule has 2 rings (SSSR count). The van der Waals surface area contributed by atoms with E-state index < -0.39 is 4.92 Å². The van der Waals surface area contributed by atoms with Gasteiger partial charge in [0, 0.05) is 30.8 Å². The third kappa shape index (κ3) is 7.19. The van der Waals surface area contributed by atoms with Gasteiger partial charge in [-0.2, -0.15) is 0 Å². The van der Waals surface area contributed by atoms with Crippen molar-refractivity contribution in [3.05, 3.63) is 75.8 Å². The smallest absolute Gasteiger partial charge is 0.269 e. The molecule has 6 heteroatoms. The van der Waals surface area contributed by atoms with E-state index in [0.717, 1.165) is 38.9 Å². The number of hydrogen-bond donors (Lipinski definition) is 1. The molecule has 0 aliphatic rings. The van der Waals surface area contributed by atoms with Crippen molar-refractivity contribution in [2.45, 2.75) is 32.7 Å². The fourth-order valence-corrected chi connectivity index (χ4v) is 2.87. The Morgan fingerprint density at radius 1 is 1.04 bits per heavy atom. The molecule has 0 bridgehead atoms. The van der Waals surface area contributed by atoms with Gasteiger partial charge in [-0.25, -0.2) is 0 Å². The number of hydrogen-bond acceptors (Lipinski definition) is 4. The highest BCUT2D eigenvalue weighted by molar-refractivity contribution is 5.94. The first-order valence-corrected chi connectivity index (χ1v) is 9.39. The number of benzene rings is 2. The topological polar surface area (TPSA) is 75.5 Å². The van der Waals surface area contributed by atoms with E-state index in [-0.39, 0.29) is 11.6 Å². The van der Waals surface area contributed by atoms with Gasteiger partial charge < -0.3 is 5.32 Å². The Morgan fingerprint density at radius 3 is 2.37 bits per heavy atom. The van der Waals surface area contributed by atoms with Crippen molar-refractivity contribution in [3.63, 3.8) is 0 Å². The standard InChI is InChI=1S/C21H27N3O3/c1-2-23(17-18-9-5-3-6-10-18)16-8-4-7-15-22-21(25)19-11-13-20(14-12-19)24(26)27/h3,5-6,9-14H,2,4,7-8,15-17H2,1H3,(H,22,25). The van der Waals surface area contributed by atoms with Crippen LogP contribution in [0.1, 0.15) is 42.1 Å². The number of non-ortho nitro benzene ring substituents is 1. The van der Waals surface area contributed by atoms with E-state index in [1.165, 1.54) is 29.8 Å². The molecule has 0 radical (unpaired) electrons. The summed E-state index contributed by atoms with van der Waals surface area (Å²) in [6.45, 7) is 5.82. The van der Waals surface area contributed by atoms with Crippen LogP contribution in [0.4, 0.5) is 5.69 Å². The maximum absolute atomic E-state index is 12.0. The number of nitro groups is 1. The van der Waals surface area contributed by atoms with E-state index >= 15 is 0 Å². The normalized spacial score (nSPS) is 10.7. The van der Waals surface area contributed by atoms with Crippen LogP contribution in [0.5, 0.6) is 0 Å². The molecule has 1 N–H and O–H groups in total. The first-order valence-electron chi connectivity index (χ1n) is 9.39. The molecular weight excluding hydrogens is 342 g/mol. The molecule has 0 saturated heterocycles. The lowest BCUT2D eigenvalue weighted by Gasteiger charge is -2.20. The van der Waals surface area contributed by atoms with Gasteiger partial charge in [-0.1, -0.05) is 43.7 Å². The molecule has 0 saturated carbocycles. The maximum Gasteiger partial charge on any atom is 0.269 e. The number of carbonyl (C=O) groups excluding carboxylic acids is 1. The fraction of sp³-hybridized carbons (Fsp3) is 0.381. The van der Waals surface area contributed by atoms with Crippen molar-refractivity contribution in [3.8, 4) is 0 Å². The average Bonchev–Trinajstić information content (AvgIpc) is 2.70. The molecule has 2 aromatic carbocycles. The van der Waals surface area contributed by atoms with Crippen LogP contribution in [0.25, 0.3) is 0 Å². The highest BCUT2D eigenvalue weighted by Crippen LogP contribution is 2.12. The number of nitro benzene ring substituents is 1. The quantitative estimate of drug-likeness (QED) is 0.369. The van der Waals surface area contributed by atoms with Crippen molar-refractivity contribution in [2.75, 3.05) is 19.6 Å². The van der Waals surface area contributed by atoms with E-state index in [0.29, 0.717) is 12.1 Å². The van der Waals surface area contributed by atoms with Gasteiger partial charge >= 0.3 is 0 Å². The monoisotopic (exact) mass is 369 g/mol. The zero-order chi connectivity index (χ0) is 19.5. The highest BCUT2D eigenvalue weighted by atomic mass is 16.6. The number of nitrogens with zero attached hydrogens (tertiary/aromatic N) is 2. The van der Waals surface area contributed by atoms with Gasteiger partial charge in [0.2, 0.25) is 0 Å². The first kappa shape index (κ1) is 20.6. The van der Waals surface area contributed by atoms with Crippen molar-refractivity contribution in [2.24, 2.45) is 0 Å². The molecule has 0 spiro atoms. The van der Waals surface area contributed by atoms with Crippen LogP contribution < -0.4 is 5.32 Å². The lowest BCUT2D eigenvalue weighted by atomic mass is 10.1.